The Morgan fingerprint density at radius 1 is 1.03 bits per heavy atom. The third-order valence-electron chi connectivity index (χ3n) is 6.77. The lowest BCUT2D eigenvalue weighted by atomic mass is 9.96. The molecule has 7 nitrogen and oxygen atoms in total. The van der Waals surface area contributed by atoms with Crippen LogP contribution in [0.25, 0.3) is 10.8 Å². The molecule has 174 valence electrons. The number of para-hydroxylation sites is 1. The van der Waals surface area contributed by atoms with Gasteiger partial charge in [-0.1, -0.05) is 42.5 Å². The van der Waals surface area contributed by atoms with E-state index < -0.39 is 6.04 Å². The van der Waals surface area contributed by atoms with Gasteiger partial charge in [0.15, 0.2) is 0 Å². The van der Waals surface area contributed by atoms with Crippen LogP contribution in [0.4, 0.5) is 5.69 Å². The molecule has 2 atom stereocenters. The molecule has 34 heavy (non-hydrogen) atoms. The van der Waals surface area contributed by atoms with Crippen molar-refractivity contribution in [1.82, 2.24) is 10.2 Å². The van der Waals surface area contributed by atoms with Crippen molar-refractivity contribution < 1.29 is 19.1 Å². The number of ether oxygens (including phenoxy) is 1. The quantitative estimate of drug-likeness (QED) is 0.605. The Kier molecular flexibility index (Phi) is 5.92. The van der Waals surface area contributed by atoms with Gasteiger partial charge in [0.05, 0.1) is 24.4 Å². The smallest absolute Gasteiger partial charge is 0.254 e. The Balaban J connectivity index is 1.32. The van der Waals surface area contributed by atoms with Crippen LogP contribution in [-0.4, -0.2) is 42.3 Å². The zero-order valence-electron chi connectivity index (χ0n) is 19.0. The molecular weight excluding hydrogens is 430 g/mol. The number of hydrogen-bond acceptors (Lipinski definition) is 4. The van der Waals surface area contributed by atoms with Gasteiger partial charge in [0.1, 0.15) is 11.8 Å². The number of methoxy groups -OCH3 is 1. The van der Waals surface area contributed by atoms with Crippen molar-refractivity contribution in [2.24, 2.45) is 0 Å². The molecule has 3 aromatic rings. The lowest BCUT2D eigenvalue weighted by molar-refractivity contribution is -0.132. The first-order chi connectivity index (χ1) is 16.6. The van der Waals surface area contributed by atoms with E-state index in [0.29, 0.717) is 17.8 Å². The molecule has 0 spiro atoms. The fraction of sp³-hybridized carbons (Fsp3) is 0.296. The van der Waals surface area contributed by atoms with Crippen molar-refractivity contribution in [3.63, 3.8) is 0 Å². The lowest BCUT2D eigenvalue weighted by Gasteiger charge is -2.27. The number of rotatable bonds is 5. The minimum atomic E-state index is -0.758. The van der Waals surface area contributed by atoms with E-state index in [1.54, 1.807) is 31.4 Å². The van der Waals surface area contributed by atoms with Crippen LogP contribution in [0.5, 0.6) is 5.75 Å². The van der Waals surface area contributed by atoms with Crippen molar-refractivity contribution in [2.45, 2.75) is 37.8 Å². The highest BCUT2D eigenvalue weighted by atomic mass is 16.5. The number of carbonyl (C=O) groups excluding carboxylic acids is 3. The highest BCUT2D eigenvalue weighted by Crippen LogP contribution is 2.39. The number of amides is 3. The van der Waals surface area contributed by atoms with Gasteiger partial charge in [-0.05, 0) is 48.4 Å². The SMILES string of the molecule is COc1ccc([C@H]2CCCN2C(=O)CC[C@@H]2NC(=O)c3ccccc3NC2=O)c2ccccc12. The standard InChI is InChI=1S/C27H27N3O4/c1-34-24-14-12-18(17-7-2-3-8-19(17)24)23-11-6-16-30(23)25(31)15-13-22-27(33)28-21-10-5-4-9-20(21)26(32)29-22/h2-5,7-10,12,14,22-23H,6,11,13,15-16H2,1H3,(H,28,33)(H,29,32)/t22-,23+/m0/s1. The maximum absolute atomic E-state index is 13.3. The molecule has 7 heteroatoms. The molecule has 2 aliphatic heterocycles. The second-order valence-electron chi connectivity index (χ2n) is 8.75. The maximum atomic E-state index is 13.3. The van der Waals surface area contributed by atoms with E-state index in [2.05, 4.69) is 16.7 Å². The summed E-state index contributed by atoms with van der Waals surface area (Å²) in [6, 6.07) is 18.2. The number of likely N-dealkylation sites (tertiary alicyclic amines) is 1. The van der Waals surface area contributed by atoms with Crippen LogP contribution >= 0.6 is 0 Å². The molecule has 0 unspecified atom stereocenters. The first kappa shape index (κ1) is 21.9. The minimum Gasteiger partial charge on any atom is -0.496 e. The summed E-state index contributed by atoms with van der Waals surface area (Å²) in [6.07, 6.45) is 2.24. The number of carbonyl (C=O) groups is 3. The predicted molar refractivity (Wildman–Crippen MR) is 130 cm³/mol. The monoisotopic (exact) mass is 457 g/mol. The van der Waals surface area contributed by atoms with Crippen LogP contribution in [-0.2, 0) is 9.59 Å². The van der Waals surface area contributed by atoms with Crippen molar-refractivity contribution in [2.75, 3.05) is 19.0 Å². The second-order valence-corrected chi connectivity index (χ2v) is 8.75. The number of anilines is 1. The molecule has 5 rings (SSSR count). The molecular formula is C27H27N3O4. The molecule has 0 saturated carbocycles. The third kappa shape index (κ3) is 3.98. The topological polar surface area (TPSA) is 87.7 Å². The van der Waals surface area contributed by atoms with Crippen molar-refractivity contribution in [3.05, 3.63) is 71.8 Å². The Morgan fingerprint density at radius 3 is 2.62 bits per heavy atom. The zero-order chi connectivity index (χ0) is 23.7. The minimum absolute atomic E-state index is 0.00814. The average Bonchev–Trinajstić information content (AvgIpc) is 3.31. The summed E-state index contributed by atoms with van der Waals surface area (Å²) in [5.74, 6) is 0.193. The fourth-order valence-corrected chi connectivity index (χ4v) is 5.08. The Morgan fingerprint density at radius 2 is 1.79 bits per heavy atom. The second kappa shape index (κ2) is 9.17. The van der Waals surface area contributed by atoms with E-state index in [9.17, 15) is 14.4 Å². The Bertz CT molecular complexity index is 1270. The molecule has 0 aliphatic carbocycles. The van der Waals surface area contributed by atoms with Crippen LogP contribution < -0.4 is 15.4 Å². The van der Waals surface area contributed by atoms with Crippen molar-refractivity contribution in [3.8, 4) is 5.75 Å². The van der Waals surface area contributed by atoms with Crippen LogP contribution in [0.2, 0.25) is 0 Å². The first-order valence-electron chi connectivity index (χ1n) is 11.6. The van der Waals surface area contributed by atoms with Gasteiger partial charge >= 0.3 is 0 Å². The van der Waals surface area contributed by atoms with E-state index in [0.717, 1.165) is 34.9 Å². The van der Waals surface area contributed by atoms with Crippen LogP contribution in [0, 0.1) is 0 Å². The van der Waals surface area contributed by atoms with Gasteiger partial charge in [0, 0.05) is 18.4 Å². The fourth-order valence-electron chi connectivity index (χ4n) is 5.08. The van der Waals surface area contributed by atoms with Gasteiger partial charge in [-0.25, -0.2) is 0 Å². The summed E-state index contributed by atoms with van der Waals surface area (Å²) in [5.41, 5.74) is 2.03. The number of nitrogens with one attached hydrogen (secondary N) is 2. The molecule has 2 aliphatic rings. The molecule has 2 N–H and O–H groups in total. The van der Waals surface area contributed by atoms with Crippen molar-refractivity contribution in [1.29, 1.82) is 0 Å². The maximum Gasteiger partial charge on any atom is 0.254 e. The highest BCUT2D eigenvalue weighted by Gasteiger charge is 2.33. The predicted octanol–water partition coefficient (Wildman–Crippen LogP) is 4.04. The van der Waals surface area contributed by atoms with E-state index in [1.165, 1.54) is 0 Å². The average molecular weight is 458 g/mol. The van der Waals surface area contributed by atoms with Crippen LogP contribution in [0.3, 0.4) is 0 Å². The largest absolute Gasteiger partial charge is 0.496 e. The molecule has 0 bridgehead atoms. The molecule has 0 radical (unpaired) electrons. The number of hydrogen-bond donors (Lipinski definition) is 2. The summed E-state index contributed by atoms with van der Waals surface area (Å²) < 4.78 is 5.52. The van der Waals surface area contributed by atoms with Gasteiger partial charge in [-0.3, -0.25) is 14.4 Å². The van der Waals surface area contributed by atoms with E-state index >= 15 is 0 Å². The normalized spacial score (nSPS) is 19.9. The van der Waals surface area contributed by atoms with E-state index in [-0.39, 0.29) is 36.6 Å². The number of benzene rings is 3. The summed E-state index contributed by atoms with van der Waals surface area (Å²) in [4.78, 5) is 40.4. The molecule has 2 heterocycles. The van der Waals surface area contributed by atoms with Gasteiger partial charge in [-0.15, -0.1) is 0 Å². The molecule has 3 amide bonds. The lowest BCUT2D eigenvalue weighted by Crippen LogP contribution is -2.42. The van der Waals surface area contributed by atoms with Gasteiger partial charge in [0.25, 0.3) is 5.91 Å². The molecule has 1 saturated heterocycles. The summed E-state index contributed by atoms with van der Waals surface area (Å²) in [5, 5.41) is 7.69. The van der Waals surface area contributed by atoms with Crippen molar-refractivity contribution >= 4 is 34.2 Å². The van der Waals surface area contributed by atoms with Crippen LogP contribution in [0.1, 0.15) is 47.6 Å². The highest BCUT2D eigenvalue weighted by molar-refractivity contribution is 6.09. The van der Waals surface area contributed by atoms with E-state index in [1.807, 2.05) is 35.2 Å². The summed E-state index contributed by atoms with van der Waals surface area (Å²) in [7, 11) is 1.66. The molecule has 0 aromatic heterocycles. The number of fused-ring (bicyclic) bond motifs is 2. The summed E-state index contributed by atoms with van der Waals surface area (Å²) in [6.45, 7) is 0.679. The number of nitrogens with zero attached hydrogens (tertiary/aromatic N) is 1. The zero-order valence-corrected chi connectivity index (χ0v) is 19.0. The van der Waals surface area contributed by atoms with Gasteiger partial charge < -0.3 is 20.3 Å². The van der Waals surface area contributed by atoms with E-state index in [4.69, 9.17) is 4.74 Å². The van der Waals surface area contributed by atoms with Crippen LogP contribution in [0.15, 0.2) is 60.7 Å². The third-order valence-corrected chi connectivity index (χ3v) is 6.77. The first-order valence-corrected chi connectivity index (χ1v) is 11.6. The Labute approximate surface area is 198 Å². The molecule has 1 fully saturated rings. The summed E-state index contributed by atoms with van der Waals surface area (Å²) >= 11 is 0. The van der Waals surface area contributed by atoms with Gasteiger partial charge in [-0.2, -0.15) is 0 Å². The Hall–Kier alpha value is -3.87. The molecule has 3 aromatic carbocycles. The van der Waals surface area contributed by atoms with Gasteiger partial charge in [0.2, 0.25) is 11.8 Å².